The summed E-state index contributed by atoms with van der Waals surface area (Å²) in [6.07, 6.45) is 0.646. The number of benzene rings is 1. The zero-order valence-corrected chi connectivity index (χ0v) is 13.5. The van der Waals surface area contributed by atoms with Crippen LogP contribution in [0.5, 0.6) is 0 Å². The third-order valence-corrected chi connectivity index (χ3v) is 5.59. The molecule has 2 N–H and O–H groups in total. The Bertz CT molecular complexity index is 522. The molecule has 0 aliphatic carbocycles. The molecule has 1 fully saturated rings. The number of anilines is 1. The highest BCUT2D eigenvalue weighted by molar-refractivity contribution is 7.91. The molecule has 0 spiro atoms. The maximum atomic E-state index is 11.9. The highest BCUT2D eigenvalue weighted by Gasteiger charge is 2.12. The molecule has 0 aromatic heterocycles. The molecule has 1 aromatic rings. The second-order valence-corrected chi connectivity index (χ2v) is 7.47. The van der Waals surface area contributed by atoms with Crippen molar-refractivity contribution in [1.82, 2.24) is 10.2 Å². The summed E-state index contributed by atoms with van der Waals surface area (Å²) in [5.41, 5.74) is 0.973. The van der Waals surface area contributed by atoms with Crippen LogP contribution in [0.3, 0.4) is 0 Å². The van der Waals surface area contributed by atoms with Crippen LogP contribution >= 0.6 is 0 Å². The van der Waals surface area contributed by atoms with Crippen molar-refractivity contribution in [2.45, 2.75) is 18.2 Å². The lowest BCUT2D eigenvalue weighted by molar-refractivity contribution is 0.249. The van der Waals surface area contributed by atoms with Crippen LogP contribution in [0, 0.1) is 0 Å². The lowest BCUT2D eigenvalue weighted by Crippen LogP contribution is -2.45. The summed E-state index contributed by atoms with van der Waals surface area (Å²) >= 11 is 0. The summed E-state index contributed by atoms with van der Waals surface area (Å²) in [6.45, 7) is 8.07. The first kappa shape index (κ1) is 16.3. The number of nitrogens with zero attached hydrogens (tertiary/aromatic N) is 1. The maximum Gasteiger partial charge on any atom is 0.178 e. The zero-order chi connectivity index (χ0) is 15.1. The molecule has 21 heavy (non-hydrogen) atoms. The van der Waals surface area contributed by atoms with Crippen LogP contribution < -0.4 is 10.6 Å². The molecule has 0 bridgehead atoms. The van der Waals surface area contributed by atoms with Gasteiger partial charge in [-0.2, -0.15) is 0 Å². The van der Waals surface area contributed by atoms with E-state index in [1.807, 2.05) is 19.1 Å². The Kier molecular flexibility index (Phi) is 6.02. The molecular weight excluding hydrogens is 286 g/mol. The van der Waals surface area contributed by atoms with Gasteiger partial charge in [0.2, 0.25) is 0 Å². The average molecular weight is 311 g/mol. The molecule has 5 nitrogen and oxygen atoms in total. The Morgan fingerprint density at radius 1 is 1.19 bits per heavy atom. The minimum Gasteiger partial charge on any atom is -0.384 e. The first-order valence-electron chi connectivity index (χ1n) is 7.61. The molecular formula is C15H25N3O2S. The van der Waals surface area contributed by atoms with Gasteiger partial charge in [0.05, 0.1) is 10.6 Å². The largest absolute Gasteiger partial charge is 0.384 e. The van der Waals surface area contributed by atoms with Crippen LogP contribution in [0.1, 0.15) is 13.3 Å². The maximum absolute atomic E-state index is 11.9. The van der Waals surface area contributed by atoms with Crippen molar-refractivity contribution in [1.29, 1.82) is 0 Å². The first-order valence-corrected chi connectivity index (χ1v) is 9.27. The molecule has 2 rings (SSSR count). The van der Waals surface area contributed by atoms with Crippen LogP contribution in [0.25, 0.3) is 0 Å². The van der Waals surface area contributed by atoms with E-state index < -0.39 is 9.84 Å². The Morgan fingerprint density at radius 3 is 2.48 bits per heavy atom. The van der Waals surface area contributed by atoms with E-state index in [2.05, 4.69) is 15.5 Å². The summed E-state index contributed by atoms with van der Waals surface area (Å²) in [6, 6.07) is 7.08. The first-order chi connectivity index (χ1) is 10.1. The lowest BCUT2D eigenvalue weighted by Gasteiger charge is -2.27. The fourth-order valence-electron chi connectivity index (χ4n) is 2.46. The third-order valence-electron chi connectivity index (χ3n) is 3.65. The van der Waals surface area contributed by atoms with E-state index in [-0.39, 0.29) is 5.75 Å². The number of rotatable bonds is 7. The van der Waals surface area contributed by atoms with E-state index in [1.165, 1.54) is 0 Å². The lowest BCUT2D eigenvalue weighted by atomic mass is 10.3. The highest BCUT2D eigenvalue weighted by Crippen LogP contribution is 2.15. The standard InChI is InChI=1S/C15H25N3O2S/c1-2-13-21(19,20)15-5-3-14(4-6-15)17-9-12-18-10-7-16-8-11-18/h3-6,16-17H,2,7-13H2,1H3. The molecule has 0 unspecified atom stereocenters. The Hall–Kier alpha value is -1.11. The van der Waals surface area contributed by atoms with Gasteiger partial charge >= 0.3 is 0 Å². The van der Waals surface area contributed by atoms with Gasteiger partial charge in [-0.1, -0.05) is 6.92 Å². The van der Waals surface area contributed by atoms with Gasteiger partial charge < -0.3 is 10.6 Å². The van der Waals surface area contributed by atoms with Crippen molar-refractivity contribution in [3.63, 3.8) is 0 Å². The summed E-state index contributed by atoms with van der Waals surface area (Å²) in [4.78, 5) is 2.83. The minimum atomic E-state index is -3.11. The molecule has 1 heterocycles. The number of hydrogen-bond donors (Lipinski definition) is 2. The van der Waals surface area contributed by atoms with E-state index in [9.17, 15) is 8.42 Å². The van der Waals surface area contributed by atoms with Crippen molar-refractivity contribution in [3.05, 3.63) is 24.3 Å². The smallest absolute Gasteiger partial charge is 0.178 e. The van der Waals surface area contributed by atoms with Gasteiger partial charge in [-0.3, -0.25) is 4.90 Å². The van der Waals surface area contributed by atoms with E-state index in [1.54, 1.807) is 12.1 Å². The van der Waals surface area contributed by atoms with Gasteiger partial charge in [0.25, 0.3) is 0 Å². The molecule has 1 aliphatic rings. The van der Waals surface area contributed by atoms with Crippen LogP contribution in [0.4, 0.5) is 5.69 Å². The molecule has 1 saturated heterocycles. The summed E-state index contributed by atoms with van der Waals surface area (Å²) in [5, 5.41) is 6.68. The molecule has 1 aromatic carbocycles. The van der Waals surface area contributed by atoms with Gasteiger partial charge in [-0.05, 0) is 30.7 Å². The SMILES string of the molecule is CCCS(=O)(=O)c1ccc(NCCN2CCNCC2)cc1. The van der Waals surface area contributed by atoms with Crippen molar-refractivity contribution < 1.29 is 8.42 Å². The number of nitrogens with one attached hydrogen (secondary N) is 2. The van der Waals surface area contributed by atoms with Crippen molar-refractivity contribution >= 4 is 15.5 Å². The van der Waals surface area contributed by atoms with Crippen LogP contribution in [-0.2, 0) is 9.84 Å². The summed E-state index contributed by atoms with van der Waals surface area (Å²) < 4.78 is 23.9. The Balaban J connectivity index is 1.82. The zero-order valence-electron chi connectivity index (χ0n) is 12.6. The second kappa shape index (κ2) is 7.77. The van der Waals surface area contributed by atoms with Gasteiger partial charge in [-0.25, -0.2) is 8.42 Å². The quantitative estimate of drug-likeness (QED) is 0.792. The van der Waals surface area contributed by atoms with Crippen LogP contribution in [0.2, 0.25) is 0 Å². The molecule has 0 saturated carbocycles. The second-order valence-electron chi connectivity index (χ2n) is 5.36. The summed E-state index contributed by atoms with van der Waals surface area (Å²) in [5.74, 6) is 0.211. The number of piperazine rings is 1. The highest BCUT2D eigenvalue weighted by atomic mass is 32.2. The molecule has 0 radical (unpaired) electrons. The van der Waals surface area contributed by atoms with Gasteiger partial charge in [0, 0.05) is 45.0 Å². The van der Waals surface area contributed by atoms with Gasteiger partial charge in [0.1, 0.15) is 0 Å². The van der Waals surface area contributed by atoms with Gasteiger partial charge in [0.15, 0.2) is 9.84 Å². The predicted octanol–water partition coefficient (Wildman–Crippen LogP) is 1.19. The van der Waals surface area contributed by atoms with Crippen LogP contribution in [0.15, 0.2) is 29.2 Å². The fraction of sp³-hybridized carbons (Fsp3) is 0.600. The number of sulfone groups is 1. The van der Waals surface area contributed by atoms with E-state index >= 15 is 0 Å². The monoisotopic (exact) mass is 311 g/mol. The fourth-order valence-corrected chi connectivity index (χ4v) is 3.78. The minimum absolute atomic E-state index is 0.211. The van der Waals surface area contributed by atoms with Crippen molar-refractivity contribution in [3.8, 4) is 0 Å². The van der Waals surface area contributed by atoms with Gasteiger partial charge in [-0.15, -0.1) is 0 Å². The molecule has 0 amide bonds. The van der Waals surface area contributed by atoms with Crippen molar-refractivity contribution in [2.24, 2.45) is 0 Å². The van der Waals surface area contributed by atoms with E-state index in [0.29, 0.717) is 11.3 Å². The van der Waals surface area contributed by atoms with E-state index in [4.69, 9.17) is 0 Å². The summed E-state index contributed by atoms with van der Waals surface area (Å²) in [7, 11) is -3.11. The predicted molar refractivity (Wildman–Crippen MR) is 86.6 cm³/mol. The number of hydrogen-bond acceptors (Lipinski definition) is 5. The molecule has 0 atom stereocenters. The topological polar surface area (TPSA) is 61.4 Å². The van der Waals surface area contributed by atoms with E-state index in [0.717, 1.165) is 45.0 Å². The average Bonchev–Trinajstić information content (AvgIpc) is 2.49. The Labute approximate surface area is 127 Å². The normalized spacial score (nSPS) is 16.8. The van der Waals surface area contributed by atoms with Crippen LogP contribution in [-0.4, -0.2) is 58.3 Å². The molecule has 6 heteroatoms. The van der Waals surface area contributed by atoms with Crippen molar-refractivity contribution in [2.75, 3.05) is 50.3 Å². The molecule has 118 valence electrons. The molecule has 1 aliphatic heterocycles. The Morgan fingerprint density at radius 2 is 1.86 bits per heavy atom. The third kappa shape index (κ3) is 4.98.